The molecule has 2 amide bonds. The number of nitrogens with zero attached hydrogens (tertiary/aromatic N) is 1. The lowest BCUT2D eigenvalue weighted by Crippen LogP contribution is -3.15. The molecule has 3 rings (SSSR count). The summed E-state index contributed by atoms with van der Waals surface area (Å²) in [5.74, 6) is 0.0328. The van der Waals surface area contributed by atoms with Crippen molar-refractivity contribution in [3.63, 3.8) is 0 Å². The molecular formula is C23H30N3O2+. The number of aryl methyl sites for hydroxylation is 2. The number of fused-ring (bicyclic) bond motifs is 1. The molecule has 0 saturated heterocycles. The van der Waals surface area contributed by atoms with Crippen LogP contribution in [-0.2, 0) is 22.6 Å². The fourth-order valence-electron chi connectivity index (χ4n) is 3.77. The summed E-state index contributed by atoms with van der Waals surface area (Å²) in [7, 11) is 1.91. The number of hydrogen-bond acceptors (Lipinski definition) is 2. The summed E-state index contributed by atoms with van der Waals surface area (Å²) in [6.07, 6.45) is 0.890. The maximum Gasteiger partial charge on any atom is 0.280 e. The smallest absolute Gasteiger partial charge is 0.280 e. The fourth-order valence-corrected chi connectivity index (χ4v) is 3.77. The van der Waals surface area contributed by atoms with Crippen LogP contribution in [0.1, 0.15) is 29.2 Å². The average Bonchev–Trinajstić information content (AvgIpc) is 2.69. The fraction of sp³-hybridized carbons (Fsp3) is 0.391. The minimum Gasteiger partial charge on any atom is -0.333 e. The van der Waals surface area contributed by atoms with Crippen LogP contribution in [0.2, 0.25) is 0 Å². The Morgan fingerprint density at radius 3 is 2.39 bits per heavy atom. The third-order valence-electron chi connectivity index (χ3n) is 5.74. The summed E-state index contributed by atoms with van der Waals surface area (Å²) in [6.45, 7) is 7.53. The highest BCUT2D eigenvalue weighted by atomic mass is 16.2. The summed E-state index contributed by atoms with van der Waals surface area (Å²) in [5, 5.41) is 3.01. The minimum absolute atomic E-state index is 0.0708. The molecule has 1 aliphatic rings. The van der Waals surface area contributed by atoms with E-state index in [1.54, 1.807) is 0 Å². The van der Waals surface area contributed by atoms with Crippen molar-refractivity contribution in [2.24, 2.45) is 0 Å². The number of anilines is 1. The monoisotopic (exact) mass is 380 g/mol. The molecule has 0 aromatic heterocycles. The third kappa shape index (κ3) is 4.42. The average molecular weight is 381 g/mol. The summed E-state index contributed by atoms with van der Waals surface area (Å²) in [5.41, 5.74) is 5.50. The normalized spacial score (nSPS) is 15.5. The Kier molecular flexibility index (Phi) is 6.15. The van der Waals surface area contributed by atoms with Crippen molar-refractivity contribution in [3.8, 4) is 0 Å². The van der Waals surface area contributed by atoms with Crippen LogP contribution < -0.4 is 10.2 Å². The molecule has 28 heavy (non-hydrogen) atoms. The number of para-hydroxylation sites is 1. The van der Waals surface area contributed by atoms with Gasteiger partial charge in [-0.25, -0.2) is 0 Å². The van der Waals surface area contributed by atoms with Crippen molar-refractivity contribution in [2.45, 2.75) is 39.8 Å². The molecule has 2 aromatic rings. The molecule has 1 heterocycles. The van der Waals surface area contributed by atoms with E-state index in [0.717, 1.165) is 34.7 Å². The molecule has 5 heteroatoms. The standard InChI is InChI=1S/C23H29N3O2/c1-16-8-7-9-17(2)22(16)24-21(27)15-25(4)18(3)23(28)26-13-12-19-10-5-6-11-20(19)14-26/h5-11,18H,12-15H2,1-4H3,(H,24,27)/p+1/t18-/m1/s1. The topological polar surface area (TPSA) is 53.9 Å². The molecule has 0 spiro atoms. The van der Waals surface area contributed by atoms with Crippen molar-refractivity contribution in [3.05, 3.63) is 64.7 Å². The number of hydrogen-bond donors (Lipinski definition) is 2. The maximum absolute atomic E-state index is 13.0. The van der Waals surface area contributed by atoms with E-state index in [1.807, 2.05) is 63.1 Å². The zero-order valence-corrected chi connectivity index (χ0v) is 17.2. The van der Waals surface area contributed by atoms with Gasteiger partial charge in [0.1, 0.15) is 0 Å². The number of nitrogens with one attached hydrogen (secondary N) is 2. The Morgan fingerprint density at radius 1 is 1.07 bits per heavy atom. The molecule has 1 unspecified atom stereocenters. The Bertz CT molecular complexity index is 858. The molecule has 0 saturated carbocycles. The SMILES string of the molecule is Cc1cccc(C)c1NC(=O)C[NH+](C)[C@H](C)C(=O)N1CCc2ccccc2C1. The molecule has 0 radical (unpaired) electrons. The Labute approximate surface area is 167 Å². The van der Waals surface area contributed by atoms with Crippen LogP contribution in [0.4, 0.5) is 5.69 Å². The highest BCUT2D eigenvalue weighted by molar-refractivity contribution is 5.93. The molecule has 2 N–H and O–H groups in total. The number of likely N-dealkylation sites (N-methyl/N-ethyl adjacent to an activating group) is 1. The van der Waals surface area contributed by atoms with Gasteiger partial charge in [-0.3, -0.25) is 9.59 Å². The van der Waals surface area contributed by atoms with Crippen molar-refractivity contribution >= 4 is 17.5 Å². The van der Waals surface area contributed by atoms with Gasteiger partial charge in [0.2, 0.25) is 0 Å². The highest BCUT2D eigenvalue weighted by Gasteiger charge is 2.30. The zero-order chi connectivity index (χ0) is 20.3. The summed E-state index contributed by atoms with van der Waals surface area (Å²) < 4.78 is 0. The lowest BCUT2D eigenvalue weighted by molar-refractivity contribution is -0.886. The highest BCUT2D eigenvalue weighted by Crippen LogP contribution is 2.20. The van der Waals surface area contributed by atoms with Crippen molar-refractivity contribution < 1.29 is 14.5 Å². The van der Waals surface area contributed by atoms with Gasteiger partial charge in [0.25, 0.3) is 11.8 Å². The minimum atomic E-state index is -0.269. The van der Waals surface area contributed by atoms with E-state index in [2.05, 4.69) is 17.4 Å². The van der Waals surface area contributed by atoms with E-state index in [-0.39, 0.29) is 24.4 Å². The summed E-state index contributed by atoms with van der Waals surface area (Å²) in [4.78, 5) is 28.3. The molecule has 148 valence electrons. The van der Waals surface area contributed by atoms with Crippen LogP contribution in [0.25, 0.3) is 0 Å². The van der Waals surface area contributed by atoms with E-state index in [9.17, 15) is 9.59 Å². The van der Waals surface area contributed by atoms with Gasteiger partial charge in [-0.05, 0) is 49.4 Å². The lowest BCUT2D eigenvalue weighted by Gasteiger charge is -2.32. The second-order valence-electron chi connectivity index (χ2n) is 7.84. The first-order valence-electron chi connectivity index (χ1n) is 9.90. The second-order valence-corrected chi connectivity index (χ2v) is 7.84. The van der Waals surface area contributed by atoms with Crippen LogP contribution >= 0.6 is 0 Å². The molecule has 2 aromatic carbocycles. The second kappa shape index (κ2) is 8.57. The number of benzene rings is 2. The largest absolute Gasteiger partial charge is 0.333 e. The van der Waals surface area contributed by atoms with Gasteiger partial charge in [0.05, 0.1) is 7.05 Å². The van der Waals surface area contributed by atoms with Gasteiger partial charge in [0.15, 0.2) is 12.6 Å². The predicted molar refractivity (Wildman–Crippen MR) is 111 cm³/mol. The molecule has 1 aliphatic heterocycles. The summed E-state index contributed by atoms with van der Waals surface area (Å²) >= 11 is 0. The van der Waals surface area contributed by atoms with Gasteiger partial charge < -0.3 is 15.1 Å². The first kappa shape index (κ1) is 20.1. The van der Waals surface area contributed by atoms with Crippen LogP contribution in [0.15, 0.2) is 42.5 Å². The van der Waals surface area contributed by atoms with Crippen LogP contribution in [0.3, 0.4) is 0 Å². The molecule has 0 aliphatic carbocycles. The number of quaternary nitrogens is 1. The van der Waals surface area contributed by atoms with Gasteiger partial charge in [-0.1, -0.05) is 42.5 Å². The zero-order valence-electron chi connectivity index (χ0n) is 17.2. The Balaban J connectivity index is 1.59. The number of amides is 2. The van der Waals surface area contributed by atoms with Crippen LogP contribution in [-0.4, -0.2) is 42.9 Å². The first-order chi connectivity index (χ1) is 13.4. The van der Waals surface area contributed by atoms with Crippen molar-refractivity contribution in [1.29, 1.82) is 0 Å². The van der Waals surface area contributed by atoms with E-state index in [0.29, 0.717) is 6.54 Å². The van der Waals surface area contributed by atoms with E-state index < -0.39 is 0 Å². The number of carbonyl (C=O) groups is 2. The van der Waals surface area contributed by atoms with Gasteiger partial charge in [0, 0.05) is 18.8 Å². The quantitative estimate of drug-likeness (QED) is 0.830. The molecule has 0 fully saturated rings. The Morgan fingerprint density at radius 2 is 1.71 bits per heavy atom. The van der Waals surface area contributed by atoms with Gasteiger partial charge >= 0.3 is 0 Å². The summed E-state index contributed by atoms with van der Waals surface area (Å²) in [6, 6.07) is 14.0. The van der Waals surface area contributed by atoms with Crippen molar-refractivity contribution in [1.82, 2.24) is 4.90 Å². The van der Waals surface area contributed by atoms with Crippen LogP contribution in [0, 0.1) is 13.8 Å². The van der Waals surface area contributed by atoms with Gasteiger partial charge in [-0.2, -0.15) is 0 Å². The molecule has 5 nitrogen and oxygen atoms in total. The molecule has 0 bridgehead atoms. The van der Waals surface area contributed by atoms with Gasteiger partial charge in [-0.15, -0.1) is 0 Å². The molecule has 2 atom stereocenters. The predicted octanol–water partition coefficient (Wildman–Crippen LogP) is 1.73. The number of rotatable bonds is 5. The number of carbonyl (C=O) groups excluding carboxylic acids is 2. The van der Waals surface area contributed by atoms with E-state index in [1.165, 1.54) is 11.1 Å². The van der Waals surface area contributed by atoms with E-state index in [4.69, 9.17) is 0 Å². The van der Waals surface area contributed by atoms with Crippen molar-refractivity contribution in [2.75, 3.05) is 25.5 Å². The Hall–Kier alpha value is -2.66. The third-order valence-corrected chi connectivity index (χ3v) is 5.74. The van der Waals surface area contributed by atoms with Crippen LogP contribution in [0.5, 0.6) is 0 Å². The lowest BCUT2D eigenvalue weighted by atomic mass is 9.99. The first-order valence-corrected chi connectivity index (χ1v) is 9.90. The maximum atomic E-state index is 13.0. The molecular weight excluding hydrogens is 350 g/mol. The van der Waals surface area contributed by atoms with E-state index >= 15 is 0 Å².